The molecule has 0 radical (unpaired) electrons. The average molecular weight is 277 g/mol. The molecule has 21 heavy (non-hydrogen) atoms. The number of methoxy groups -OCH3 is 1. The molecular formula is C19H19NO. The first-order valence-electron chi connectivity index (χ1n) is 7.27. The van der Waals surface area contributed by atoms with E-state index in [1.54, 1.807) is 7.11 Å². The Bertz CT molecular complexity index is 673. The number of allylic oxidation sites excluding steroid dienone is 2. The van der Waals surface area contributed by atoms with Crippen LogP contribution in [0.4, 0.5) is 0 Å². The van der Waals surface area contributed by atoms with Gasteiger partial charge in [-0.3, -0.25) is 0 Å². The fourth-order valence-electron chi connectivity index (χ4n) is 3.01. The second kappa shape index (κ2) is 5.96. The van der Waals surface area contributed by atoms with E-state index in [9.17, 15) is 0 Å². The number of ether oxygens (including phenoxy) is 1. The van der Waals surface area contributed by atoms with Crippen molar-refractivity contribution in [3.8, 4) is 5.75 Å². The van der Waals surface area contributed by atoms with Gasteiger partial charge in [-0.1, -0.05) is 48.5 Å². The Morgan fingerprint density at radius 2 is 1.71 bits per heavy atom. The van der Waals surface area contributed by atoms with Crippen LogP contribution in [0.1, 0.15) is 29.9 Å². The molecule has 1 aliphatic carbocycles. The zero-order chi connectivity index (χ0) is 14.7. The number of benzene rings is 2. The Hall–Kier alpha value is -2.35. The Morgan fingerprint density at radius 3 is 2.48 bits per heavy atom. The van der Waals surface area contributed by atoms with E-state index < -0.39 is 0 Å². The molecule has 0 heterocycles. The lowest BCUT2D eigenvalue weighted by molar-refractivity contribution is 0.407. The van der Waals surface area contributed by atoms with E-state index in [-0.39, 0.29) is 5.92 Å². The van der Waals surface area contributed by atoms with Gasteiger partial charge in [0.2, 0.25) is 0 Å². The van der Waals surface area contributed by atoms with Crippen LogP contribution < -0.4 is 4.74 Å². The second-order valence-electron chi connectivity index (χ2n) is 5.32. The first-order chi connectivity index (χ1) is 10.3. The highest BCUT2D eigenvalue weighted by atomic mass is 16.5. The molecule has 0 spiro atoms. The third-order valence-electron chi connectivity index (χ3n) is 4.03. The molecule has 0 amide bonds. The van der Waals surface area contributed by atoms with E-state index in [1.165, 1.54) is 16.7 Å². The van der Waals surface area contributed by atoms with Gasteiger partial charge in [-0.05, 0) is 36.1 Å². The predicted molar refractivity (Wildman–Crippen MR) is 87.1 cm³/mol. The molecule has 0 bridgehead atoms. The molecule has 0 saturated heterocycles. The van der Waals surface area contributed by atoms with Crippen molar-refractivity contribution in [1.82, 2.24) is 0 Å². The maximum Gasteiger partial charge on any atom is 0.122 e. The Morgan fingerprint density at radius 1 is 1.00 bits per heavy atom. The maximum atomic E-state index is 8.01. The smallest absolute Gasteiger partial charge is 0.122 e. The first-order valence-corrected chi connectivity index (χ1v) is 7.27. The van der Waals surface area contributed by atoms with Crippen molar-refractivity contribution in [2.75, 3.05) is 7.11 Å². The van der Waals surface area contributed by atoms with Crippen molar-refractivity contribution in [3.63, 3.8) is 0 Å². The highest BCUT2D eigenvalue weighted by molar-refractivity contribution is 6.01. The van der Waals surface area contributed by atoms with Crippen molar-refractivity contribution in [2.45, 2.75) is 18.8 Å². The molecule has 3 rings (SSSR count). The molecular weight excluding hydrogens is 258 g/mol. The van der Waals surface area contributed by atoms with E-state index in [2.05, 4.69) is 24.3 Å². The topological polar surface area (TPSA) is 33.1 Å². The molecule has 2 aromatic carbocycles. The molecule has 106 valence electrons. The maximum absolute atomic E-state index is 8.01. The third kappa shape index (κ3) is 2.75. The minimum absolute atomic E-state index is 0.289. The molecule has 2 heteroatoms. The fourth-order valence-corrected chi connectivity index (χ4v) is 3.01. The summed E-state index contributed by atoms with van der Waals surface area (Å²) in [5, 5.41) is 8.01. The lowest BCUT2D eigenvalue weighted by Crippen LogP contribution is -2.12. The number of rotatable bonds is 3. The Balaban J connectivity index is 2.08. The van der Waals surface area contributed by atoms with E-state index in [1.807, 2.05) is 36.4 Å². The van der Waals surface area contributed by atoms with E-state index >= 15 is 0 Å². The monoisotopic (exact) mass is 277 g/mol. The minimum Gasteiger partial charge on any atom is -0.496 e. The van der Waals surface area contributed by atoms with Crippen LogP contribution in [-0.2, 0) is 0 Å². The van der Waals surface area contributed by atoms with Gasteiger partial charge in [0.1, 0.15) is 5.75 Å². The molecule has 0 fully saturated rings. The summed E-state index contributed by atoms with van der Waals surface area (Å²) in [6.45, 7) is 0. The summed E-state index contributed by atoms with van der Waals surface area (Å²) in [4.78, 5) is 0. The van der Waals surface area contributed by atoms with Crippen LogP contribution in [0.3, 0.4) is 0 Å². The summed E-state index contributed by atoms with van der Waals surface area (Å²) < 4.78 is 5.53. The predicted octanol–water partition coefficient (Wildman–Crippen LogP) is 4.68. The highest BCUT2D eigenvalue weighted by Crippen LogP contribution is 2.42. The van der Waals surface area contributed by atoms with Crippen molar-refractivity contribution in [3.05, 3.63) is 71.8 Å². The van der Waals surface area contributed by atoms with E-state index in [4.69, 9.17) is 10.1 Å². The quantitative estimate of drug-likeness (QED) is 0.868. The van der Waals surface area contributed by atoms with E-state index in [0.29, 0.717) is 5.71 Å². The van der Waals surface area contributed by atoms with Crippen molar-refractivity contribution >= 4 is 11.3 Å². The average Bonchev–Trinajstić information content (AvgIpc) is 2.55. The first kappa shape index (κ1) is 13.6. The molecule has 0 aromatic heterocycles. The summed E-state index contributed by atoms with van der Waals surface area (Å²) in [6.07, 6.45) is 3.80. The van der Waals surface area contributed by atoms with Crippen LogP contribution in [0.15, 0.2) is 60.7 Å². The van der Waals surface area contributed by atoms with Crippen LogP contribution in [-0.4, -0.2) is 12.8 Å². The lowest BCUT2D eigenvalue weighted by atomic mass is 9.78. The highest BCUT2D eigenvalue weighted by Gasteiger charge is 2.25. The molecule has 1 aliphatic rings. The largest absolute Gasteiger partial charge is 0.496 e. The Labute approximate surface area is 125 Å². The molecule has 1 N–H and O–H groups in total. The number of hydrogen-bond donors (Lipinski definition) is 1. The van der Waals surface area contributed by atoms with Crippen LogP contribution in [0.5, 0.6) is 5.75 Å². The van der Waals surface area contributed by atoms with Crippen molar-refractivity contribution < 1.29 is 4.74 Å². The standard InChI is InChI=1S/C19H19NO/c1-21-19-10-6-5-9-17(19)16-12-11-15(20)13-18(16)14-7-3-2-4-8-14/h2-10,13,16,20H,11-12H2,1H3. The van der Waals surface area contributed by atoms with Gasteiger partial charge in [0, 0.05) is 17.2 Å². The lowest BCUT2D eigenvalue weighted by Gasteiger charge is -2.27. The van der Waals surface area contributed by atoms with Crippen LogP contribution in [0.25, 0.3) is 5.57 Å². The molecule has 0 saturated carbocycles. The number of para-hydroxylation sites is 1. The summed E-state index contributed by atoms with van der Waals surface area (Å²) in [7, 11) is 1.72. The van der Waals surface area contributed by atoms with E-state index in [0.717, 1.165) is 18.6 Å². The van der Waals surface area contributed by atoms with Crippen LogP contribution in [0, 0.1) is 5.41 Å². The van der Waals surface area contributed by atoms with Gasteiger partial charge in [0.05, 0.1) is 7.11 Å². The normalized spacial score (nSPS) is 18.2. The number of nitrogens with one attached hydrogen (secondary N) is 1. The third-order valence-corrected chi connectivity index (χ3v) is 4.03. The van der Waals surface area contributed by atoms with Gasteiger partial charge in [0.15, 0.2) is 0 Å². The van der Waals surface area contributed by atoms with Crippen LogP contribution >= 0.6 is 0 Å². The fraction of sp³-hybridized carbons (Fsp3) is 0.211. The molecule has 1 unspecified atom stereocenters. The number of hydrogen-bond acceptors (Lipinski definition) is 2. The summed E-state index contributed by atoms with van der Waals surface area (Å²) in [5.41, 5.74) is 4.33. The van der Waals surface area contributed by atoms with Crippen molar-refractivity contribution in [2.24, 2.45) is 0 Å². The molecule has 2 nitrogen and oxygen atoms in total. The second-order valence-corrected chi connectivity index (χ2v) is 5.32. The van der Waals surface area contributed by atoms with Gasteiger partial charge in [-0.25, -0.2) is 0 Å². The molecule has 0 aliphatic heterocycles. The summed E-state index contributed by atoms with van der Waals surface area (Å²) in [6, 6.07) is 18.6. The Kier molecular flexibility index (Phi) is 3.87. The molecule has 2 aromatic rings. The van der Waals surface area contributed by atoms with Gasteiger partial charge in [-0.2, -0.15) is 0 Å². The summed E-state index contributed by atoms with van der Waals surface area (Å²) >= 11 is 0. The van der Waals surface area contributed by atoms with Gasteiger partial charge in [-0.15, -0.1) is 0 Å². The SMILES string of the molecule is COc1ccccc1C1CCC(=N)C=C1c1ccccc1. The zero-order valence-corrected chi connectivity index (χ0v) is 12.2. The van der Waals surface area contributed by atoms with Crippen LogP contribution in [0.2, 0.25) is 0 Å². The zero-order valence-electron chi connectivity index (χ0n) is 12.2. The van der Waals surface area contributed by atoms with Gasteiger partial charge >= 0.3 is 0 Å². The summed E-state index contributed by atoms with van der Waals surface area (Å²) in [5.74, 6) is 1.22. The minimum atomic E-state index is 0.289. The van der Waals surface area contributed by atoms with Crippen molar-refractivity contribution in [1.29, 1.82) is 5.41 Å². The van der Waals surface area contributed by atoms with Gasteiger partial charge < -0.3 is 10.1 Å². The molecule has 1 atom stereocenters. The van der Waals surface area contributed by atoms with Gasteiger partial charge in [0.25, 0.3) is 0 Å².